The van der Waals surface area contributed by atoms with Crippen molar-refractivity contribution in [1.82, 2.24) is 9.88 Å². The van der Waals surface area contributed by atoms with Crippen LogP contribution in [0.2, 0.25) is 5.02 Å². The first kappa shape index (κ1) is 18.8. The van der Waals surface area contributed by atoms with E-state index in [2.05, 4.69) is 16.0 Å². The molecule has 0 unspecified atom stereocenters. The van der Waals surface area contributed by atoms with Gasteiger partial charge in [-0.3, -0.25) is 9.69 Å². The van der Waals surface area contributed by atoms with Crippen molar-refractivity contribution in [3.05, 3.63) is 58.1 Å². The highest BCUT2D eigenvalue weighted by Gasteiger charge is 2.22. The van der Waals surface area contributed by atoms with Gasteiger partial charge in [0.1, 0.15) is 0 Å². The fourth-order valence-electron chi connectivity index (χ4n) is 2.84. The Hall–Kier alpha value is -1.95. The summed E-state index contributed by atoms with van der Waals surface area (Å²) in [6, 6.07) is 11.5. The fourth-order valence-corrected chi connectivity index (χ4v) is 4.11. The molecule has 0 fully saturated rings. The zero-order valence-electron chi connectivity index (χ0n) is 15.4. The Labute approximate surface area is 163 Å². The lowest BCUT2D eigenvalue weighted by Crippen LogP contribution is -2.36. The van der Waals surface area contributed by atoms with E-state index in [1.807, 2.05) is 58.3 Å². The number of halogens is 1. The average Bonchev–Trinajstić information content (AvgIpc) is 2.96. The van der Waals surface area contributed by atoms with E-state index in [0.717, 1.165) is 27.9 Å². The summed E-state index contributed by atoms with van der Waals surface area (Å²) in [4.78, 5) is 21.8. The Morgan fingerprint density at radius 2 is 1.77 bits per heavy atom. The molecule has 136 valence electrons. The number of aryl methyl sites for hydroxylation is 2. The van der Waals surface area contributed by atoms with Crippen LogP contribution in [0.4, 0.5) is 5.13 Å². The van der Waals surface area contributed by atoms with Crippen LogP contribution in [0.25, 0.3) is 10.2 Å². The molecule has 6 heteroatoms. The maximum Gasteiger partial charge on any atom is 0.260 e. The second-order valence-electron chi connectivity index (χ2n) is 6.74. The number of amides is 1. The van der Waals surface area contributed by atoms with Crippen LogP contribution >= 0.6 is 22.9 Å². The molecule has 0 radical (unpaired) electrons. The number of rotatable bonds is 5. The van der Waals surface area contributed by atoms with Crippen LogP contribution in [0.5, 0.6) is 0 Å². The van der Waals surface area contributed by atoms with Crippen molar-refractivity contribution >= 4 is 44.2 Å². The molecule has 0 aliphatic rings. The summed E-state index contributed by atoms with van der Waals surface area (Å²) in [5.41, 5.74) is 3.71. The number of hydrogen-bond donors (Lipinski definition) is 0. The number of aromatic nitrogens is 1. The van der Waals surface area contributed by atoms with Gasteiger partial charge in [0.25, 0.3) is 5.91 Å². The minimum atomic E-state index is -0.0243. The predicted molar refractivity (Wildman–Crippen MR) is 111 cm³/mol. The Balaban J connectivity index is 2.01. The number of nitrogens with zero attached hydrogens (tertiary/aromatic N) is 3. The SMILES string of the molecule is Cc1cc(C)cc(C(=O)N(CCN(C)C)c2nc3ccc(Cl)cc3s2)c1. The van der Waals surface area contributed by atoms with Gasteiger partial charge < -0.3 is 4.90 Å². The molecular weight excluding hydrogens is 366 g/mol. The zero-order chi connectivity index (χ0) is 18.8. The number of hydrogen-bond acceptors (Lipinski definition) is 4. The Morgan fingerprint density at radius 3 is 2.42 bits per heavy atom. The number of fused-ring (bicyclic) bond motifs is 1. The molecule has 0 bridgehead atoms. The van der Waals surface area contributed by atoms with Crippen LogP contribution < -0.4 is 4.90 Å². The molecule has 3 aromatic rings. The molecule has 1 aromatic heterocycles. The molecule has 26 heavy (non-hydrogen) atoms. The van der Waals surface area contributed by atoms with Crippen molar-refractivity contribution < 1.29 is 4.79 Å². The third-order valence-electron chi connectivity index (χ3n) is 4.05. The van der Waals surface area contributed by atoms with Gasteiger partial charge in [0.2, 0.25) is 0 Å². The van der Waals surface area contributed by atoms with E-state index in [0.29, 0.717) is 22.3 Å². The van der Waals surface area contributed by atoms with Crippen molar-refractivity contribution in [2.75, 3.05) is 32.1 Å². The third-order valence-corrected chi connectivity index (χ3v) is 5.33. The number of benzene rings is 2. The lowest BCUT2D eigenvalue weighted by atomic mass is 10.1. The van der Waals surface area contributed by atoms with Crippen molar-refractivity contribution in [3.63, 3.8) is 0 Å². The normalized spacial score (nSPS) is 11.3. The van der Waals surface area contributed by atoms with Crippen LogP contribution in [-0.4, -0.2) is 43.0 Å². The Bertz CT molecular complexity index is 931. The first-order valence-corrected chi connectivity index (χ1v) is 9.64. The van der Waals surface area contributed by atoms with E-state index in [9.17, 15) is 4.79 Å². The molecule has 3 rings (SSSR count). The van der Waals surface area contributed by atoms with E-state index in [-0.39, 0.29) is 5.91 Å². The zero-order valence-corrected chi connectivity index (χ0v) is 17.0. The largest absolute Gasteiger partial charge is 0.308 e. The second-order valence-corrected chi connectivity index (χ2v) is 8.19. The number of carbonyl (C=O) groups excluding carboxylic acids is 1. The summed E-state index contributed by atoms with van der Waals surface area (Å²) in [6.45, 7) is 5.35. The molecule has 2 aromatic carbocycles. The molecule has 1 amide bonds. The maximum atomic E-state index is 13.3. The average molecular weight is 388 g/mol. The molecular formula is C20H22ClN3OS. The van der Waals surface area contributed by atoms with E-state index in [1.54, 1.807) is 4.90 Å². The lowest BCUT2D eigenvalue weighted by Gasteiger charge is -2.22. The summed E-state index contributed by atoms with van der Waals surface area (Å²) < 4.78 is 0.982. The fraction of sp³-hybridized carbons (Fsp3) is 0.300. The van der Waals surface area contributed by atoms with E-state index in [1.165, 1.54) is 11.3 Å². The van der Waals surface area contributed by atoms with Crippen LogP contribution in [0.3, 0.4) is 0 Å². The minimum absolute atomic E-state index is 0.0243. The molecule has 0 aliphatic carbocycles. The van der Waals surface area contributed by atoms with Crippen molar-refractivity contribution in [1.29, 1.82) is 0 Å². The first-order valence-electron chi connectivity index (χ1n) is 8.44. The standard InChI is InChI=1S/C20H22ClN3OS/c1-13-9-14(2)11-15(10-13)19(25)24(8-7-23(3)4)20-22-17-6-5-16(21)12-18(17)26-20/h5-6,9-12H,7-8H2,1-4H3. The van der Waals surface area contributed by atoms with E-state index < -0.39 is 0 Å². The molecule has 0 aliphatic heterocycles. The quantitative estimate of drug-likeness (QED) is 0.632. The summed E-state index contributed by atoms with van der Waals surface area (Å²) in [6.07, 6.45) is 0. The molecule has 0 atom stereocenters. The van der Waals surface area contributed by atoms with Gasteiger partial charge in [-0.05, 0) is 58.3 Å². The molecule has 0 saturated heterocycles. The highest BCUT2D eigenvalue weighted by atomic mass is 35.5. The summed E-state index contributed by atoms with van der Waals surface area (Å²) in [5, 5.41) is 1.38. The number of carbonyl (C=O) groups is 1. The number of anilines is 1. The molecule has 0 spiro atoms. The van der Waals surface area contributed by atoms with Crippen LogP contribution in [0.15, 0.2) is 36.4 Å². The maximum absolute atomic E-state index is 13.3. The third kappa shape index (κ3) is 4.23. The monoisotopic (exact) mass is 387 g/mol. The van der Waals surface area contributed by atoms with Gasteiger partial charge in [-0.1, -0.05) is 40.1 Å². The van der Waals surface area contributed by atoms with Gasteiger partial charge in [0.15, 0.2) is 5.13 Å². The summed E-state index contributed by atoms with van der Waals surface area (Å²) in [5.74, 6) is -0.0243. The molecule has 1 heterocycles. The van der Waals surface area contributed by atoms with E-state index >= 15 is 0 Å². The topological polar surface area (TPSA) is 36.4 Å². The van der Waals surface area contributed by atoms with Gasteiger partial charge in [0.05, 0.1) is 10.2 Å². The molecule has 0 saturated carbocycles. The second kappa shape index (κ2) is 7.74. The molecule has 0 N–H and O–H groups in total. The van der Waals surface area contributed by atoms with Crippen molar-refractivity contribution in [2.24, 2.45) is 0 Å². The number of likely N-dealkylation sites (N-methyl/N-ethyl adjacent to an activating group) is 1. The smallest absolute Gasteiger partial charge is 0.260 e. The van der Waals surface area contributed by atoms with Gasteiger partial charge in [-0.15, -0.1) is 0 Å². The summed E-state index contributed by atoms with van der Waals surface area (Å²) in [7, 11) is 4.00. The van der Waals surface area contributed by atoms with Crippen LogP contribution in [0.1, 0.15) is 21.5 Å². The first-order chi connectivity index (χ1) is 12.3. The van der Waals surface area contributed by atoms with Crippen LogP contribution in [-0.2, 0) is 0 Å². The highest BCUT2D eigenvalue weighted by Crippen LogP contribution is 2.31. The van der Waals surface area contributed by atoms with E-state index in [4.69, 9.17) is 11.6 Å². The number of thiazole rings is 1. The highest BCUT2D eigenvalue weighted by molar-refractivity contribution is 7.22. The van der Waals surface area contributed by atoms with Crippen molar-refractivity contribution in [2.45, 2.75) is 13.8 Å². The molecule has 4 nitrogen and oxygen atoms in total. The predicted octanol–water partition coefficient (Wildman–Crippen LogP) is 4.77. The van der Waals surface area contributed by atoms with Gasteiger partial charge >= 0.3 is 0 Å². The van der Waals surface area contributed by atoms with Crippen molar-refractivity contribution in [3.8, 4) is 0 Å². The van der Waals surface area contributed by atoms with Gasteiger partial charge in [-0.25, -0.2) is 4.98 Å². The Morgan fingerprint density at radius 1 is 1.08 bits per heavy atom. The van der Waals surface area contributed by atoms with Gasteiger partial charge in [0, 0.05) is 23.7 Å². The minimum Gasteiger partial charge on any atom is -0.308 e. The summed E-state index contributed by atoms with van der Waals surface area (Å²) >= 11 is 7.59. The lowest BCUT2D eigenvalue weighted by molar-refractivity contribution is 0.0985. The van der Waals surface area contributed by atoms with Crippen LogP contribution in [0, 0.1) is 13.8 Å². The Kier molecular flexibility index (Phi) is 5.61. The van der Waals surface area contributed by atoms with Gasteiger partial charge in [-0.2, -0.15) is 0 Å².